The lowest BCUT2D eigenvalue weighted by Crippen LogP contribution is -2.29. The molecule has 2 nitrogen and oxygen atoms in total. The quantitative estimate of drug-likeness (QED) is 0.851. The van der Waals surface area contributed by atoms with E-state index < -0.39 is 6.10 Å². The first-order valence-electron chi connectivity index (χ1n) is 5.68. The van der Waals surface area contributed by atoms with Crippen molar-refractivity contribution in [2.75, 3.05) is 11.9 Å². The number of halogens is 1. The molecule has 0 aromatic heterocycles. The summed E-state index contributed by atoms with van der Waals surface area (Å²) in [6.07, 6.45) is 0.189. The molecule has 2 unspecified atom stereocenters. The molecule has 1 aromatic rings. The second-order valence-corrected chi connectivity index (χ2v) is 4.22. The Balaban J connectivity index is 3.17. The van der Waals surface area contributed by atoms with Crippen molar-refractivity contribution in [2.45, 2.75) is 39.3 Å². The van der Waals surface area contributed by atoms with Crippen LogP contribution >= 0.6 is 0 Å². The van der Waals surface area contributed by atoms with Gasteiger partial charge in [-0.1, -0.05) is 13.0 Å². The number of hydrogen-bond donors (Lipinski definition) is 1. The van der Waals surface area contributed by atoms with Gasteiger partial charge < -0.3 is 10.0 Å². The number of rotatable bonds is 4. The second kappa shape index (κ2) is 5.30. The van der Waals surface area contributed by atoms with E-state index in [4.69, 9.17) is 0 Å². The molecular formula is C13H20FNO. The third-order valence-corrected chi connectivity index (χ3v) is 3.08. The predicted octanol–water partition coefficient (Wildman–Crippen LogP) is 3.11. The lowest BCUT2D eigenvalue weighted by molar-refractivity contribution is 0.194. The third-order valence-electron chi connectivity index (χ3n) is 3.08. The number of anilines is 1. The highest BCUT2D eigenvalue weighted by Crippen LogP contribution is 2.29. The van der Waals surface area contributed by atoms with Gasteiger partial charge >= 0.3 is 0 Å². The van der Waals surface area contributed by atoms with E-state index in [9.17, 15) is 9.50 Å². The van der Waals surface area contributed by atoms with Crippen molar-refractivity contribution in [3.05, 3.63) is 29.6 Å². The average Bonchev–Trinajstić information content (AvgIpc) is 2.26. The molecule has 1 rings (SSSR count). The van der Waals surface area contributed by atoms with E-state index in [-0.39, 0.29) is 5.82 Å². The standard InChI is InChI=1S/C13H20FNO/c1-5-9(2)15(4)12-8-6-7-11(14)13(12)10(3)16/h6-10,16H,5H2,1-4H3. The summed E-state index contributed by atoms with van der Waals surface area (Å²) in [4.78, 5) is 2.01. The van der Waals surface area contributed by atoms with Gasteiger partial charge in [0.1, 0.15) is 5.82 Å². The van der Waals surface area contributed by atoms with Crippen LogP contribution in [-0.4, -0.2) is 18.2 Å². The maximum Gasteiger partial charge on any atom is 0.131 e. The number of benzene rings is 1. The summed E-state index contributed by atoms with van der Waals surface area (Å²) in [6.45, 7) is 5.76. The van der Waals surface area contributed by atoms with Gasteiger partial charge in [-0.25, -0.2) is 4.39 Å². The summed E-state index contributed by atoms with van der Waals surface area (Å²) in [5, 5.41) is 9.62. The molecule has 16 heavy (non-hydrogen) atoms. The van der Waals surface area contributed by atoms with E-state index in [0.29, 0.717) is 11.6 Å². The van der Waals surface area contributed by atoms with Gasteiger partial charge in [-0.3, -0.25) is 0 Å². The zero-order valence-corrected chi connectivity index (χ0v) is 10.4. The van der Waals surface area contributed by atoms with Crippen LogP contribution in [0.2, 0.25) is 0 Å². The van der Waals surface area contributed by atoms with Crippen LogP contribution in [0.25, 0.3) is 0 Å². The fourth-order valence-corrected chi connectivity index (χ4v) is 1.76. The van der Waals surface area contributed by atoms with Crippen LogP contribution in [0.15, 0.2) is 18.2 Å². The molecule has 0 heterocycles. The molecule has 1 N–H and O–H groups in total. The van der Waals surface area contributed by atoms with Gasteiger partial charge in [0.15, 0.2) is 0 Å². The van der Waals surface area contributed by atoms with Crippen LogP contribution in [0.1, 0.15) is 38.9 Å². The molecule has 0 saturated heterocycles. The Hall–Kier alpha value is -1.09. The van der Waals surface area contributed by atoms with E-state index in [2.05, 4.69) is 13.8 Å². The summed E-state index contributed by atoms with van der Waals surface area (Å²) >= 11 is 0. The molecule has 0 aliphatic carbocycles. The Morgan fingerprint density at radius 3 is 2.50 bits per heavy atom. The molecular weight excluding hydrogens is 205 g/mol. The van der Waals surface area contributed by atoms with Gasteiger partial charge in [-0.2, -0.15) is 0 Å². The maximum atomic E-state index is 13.6. The molecule has 0 radical (unpaired) electrons. The first kappa shape index (κ1) is 13.0. The Morgan fingerprint density at radius 2 is 2.00 bits per heavy atom. The van der Waals surface area contributed by atoms with Crippen molar-refractivity contribution in [2.24, 2.45) is 0 Å². The van der Waals surface area contributed by atoms with Crippen LogP contribution in [-0.2, 0) is 0 Å². The molecule has 1 aromatic carbocycles. The van der Waals surface area contributed by atoms with Crippen LogP contribution in [0.4, 0.5) is 10.1 Å². The fraction of sp³-hybridized carbons (Fsp3) is 0.538. The second-order valence-electron chi connectivity index (χ2n) is 4.22. The Labute approximate surface area is 96.7 Å². The lowest BCUT2D eigenvalue weighted by Gasteiger charge is -2.29. The molecule has 0 bridgehead atoms. The van der Waals surface area contributed by atoms with Crippen LogP contribution in [0.3, 0.4) is 0 Å². The average molecular weight is 225 g/mol. The van der Waals surface area contributed by atoms with Crippen LogP contribution in [0, 0.1) is 5.82 Å². The summed E-state index contributed by atoms with van der Waals surface area (Å²) < 4.78 is 13.6. The largest absolute Gasteiger partial charge is 0.389 e. The molecule has 0 aliphatic heterocycles. The van der Waals surface area contributed by atoms with Crippen molar-refractivity contribution in [3.8, 4) is 0 Å². The summed E-state index contributed by atoms with van der Waals surface area (Å²) in [6, 6.07) is 5.22. The van der Waals surface area contributed by atoms with Gasteiger partial charge in [-0.05, 0) is 32.4 Å². The van der Waals surface area contributed by atoms with Crippen LogP contribution in [0.5, 0.6) is 0 Å². The molecule has 2 atom stereocenters. The molecule has 0 saturated carbocycles. The van der Waals surface area contributed by atoms with Gasteiger partial charge in [0.05, 0.1) is 6.10 Å². The normalized spacial score (nSPS) is 14.6. The van der Waals surface area contributed by atoms with E-state index in [1.165, 1.54) is 6.07 Å². The lowest BCUT2D eigenvalue weighted by atomic mass is 10.1. The molecule has 0 spiro atoms. The number of aliphatic hydroxyl groups is 1. The number of hydrogen-bond acceptors (Lipinski definition) is 2. The van der Waals surface area contributed by atoms with Crippen molar-refractivity contribution in [1.82, 2.24) is 0 Å². The van der Waals surface area contributed by atoms with Crippen molar-refractivity contribution < 1.29 is 9.50 Å². The number of nitrogens with zero attached hydrogens (tertiary/aromatic N) is 1. The van der Waals surface area contributed by atoms with Gasteiger partial charge in [0.25, 0.3) is 0 Å². The predicted molar refractivity (Wildman–Crippen MR) is 65.2 cm³/mol. The first-order valence-corrected chi connectivity index (χ1v) is 5.68. The van der Waals surface area contributed by atoms with E-state index in [0.717, 1.165) is 12.1 Å². The Kier molecular flexibility index (Phi) is 4.30. The maximum absolute atomic E-state index is 13.6. The minimum atomic E-state index is -0.789. The zero-order valence-electron chi connectivity index (χ0n) is 10.4. The number of aliphatic hydroxyl groups excluding tert-OH is 1. The molecule has 0 fully saturated rings. The minimum Gasteiger partial charge on any atom is -0.389 e. The van der Waals surface area contributed by atoms with E-state index >= 15 is 0 Å². The Morgan fingerprint density at radius 1 is 1.38 bits per heavy atom. The molecule has 0 amide bonds. The Bertz CT molecular complexity index is 352. The molecule has 3 heteroatoms. The fourth-order valence-electron chi connectivity index (χ4n) is 1.76. The van der Waals surface area contributed by atoms with E-state index in [1.54, 1.807) is 13.0 Å². The highest BCUT2D eigenvalue weighted by atomic mass is 19.1. The van der Waals surface area contributed by atoms with Crippen molar-refractivity contribution >= 4 is 5.69 Å². The molecule has 90 valence electrons. The van der Waals surface area contributed by atoms with Gasteiger partial charge in [-0.15, -0.1) is 0 Å². The van der Waals surface area contributed by atoms with Gasteiger partial charge in [0, 0.05) is 24.3 Å². The minimum absolute atomic E-state index is 0.319. The monoisotopic (exact) mass is 225 g/mol. The summed E-state index contributed by atoms with van der Waals surface area (Å²) in [5.41, 5.74) is 1.15. The SMILES string of the molecule is CCC(C)N(C)c1cccc(F)c1C(C)O. The topological polar surface area (TPSA) is 23.5 Å². The van der Waals surface area contributed by atoms with Crippen LogP contribution < -0.4 is 4.90 Å². The van der Waals surface area contributed by atoms with E-state index in [1.807, 2.05) is 18.0 Å². The highest BCUT2D eigenvalue weighted by Gasteiger charge is 2.18. The van der Waals surface area contributed by atoms with Crippen molar-refractivity contribution in [3.63, 3.8) is 0 Å². The summed E-state index contributed by atoms with van der Waals surface area (Å²) in [5.74, 6) is -0.345. The summed E-state index contributed by atoms with van der Waals surface area (Å²) in [7, 11) is 1.93. The smallest absolute Gasteiger partial charge is 0.131 e. The third kappa shape index (κ3) is 2.53. The highest BCUT2D eigenvalue weighted by molar-refractivity contribution is 5.55. The van der Waals surface area contributed by atoms with Gasteiger partial charge in [0.2, 0.25) is 0 Å². The first-order chi connectivity index (χ1) is 7.49. The molecule has 0 aliphatic rings. The van der Waals surface area contributed by atoms with Crippen molar-refractivity contribution in [1.29, 1.82) is 0 Å². The zero-order chi connectivity index (χ0) is 12.3.